The summed E-state index contributed by atoms with van der Waals surface area (Å²) >= 11 is 0. The van der Waals surface area contributed by atoms with Crippen LogP contribution in [-0.4, -0.2) is 17.9 Å². The zero-order valence-electron chi connectivity index (χ0n) is 16.1. The molecule has 0 bridgehead atoms. The van der Waals surface area contributed by atoms with E-state index in [2.05, 4.69) is 0 Å². The van der Waals surface area contributed by atoms with E-state index in [0.29, 0.717) is 17.9 Å². The Labute approximate surface area is 163 Å². The lowest BCUT2D eigenvalue weighted by molar-refractivity contribution is -0.402. The number of carbonyl (C=O) groups is 1. The van der Waals surface area contributed by atoms with Gasteiger partial charge >= 0.3 is 0 Å². The zero-order valence-corrected chi connectivity index (χ0v) is 16.1. The summed E-state index contributed by atoms with van der Waals surface area (Å²) in [6, 6.07) is 14.6. The van der Waals surface area contributed by atoms with Gasteiger partial charge in [0.15, 0.2) is 0 Å². The number of para-hydroxylation sites is 1. The highest BCUT2D eigenvalue weighted by Gasteiger charge is 2.49. The molecule has 0 saturated heterocycles. The molecule has 1 amide bonds. The Kier molecular flexibility index (Phi) is 5.31. The largest absolute Gasteiger partial charge is 0.497 e. The fourth-order valence-corrected chi connectivity index (χ4v) is 3.44. The van der Waals surface area contributed by atoms with Crippen LogP contribution in [-0.2, 0) is 10.2 Å². The van der Waals surface area contributed by atoms with Gasteiger partial charge in [0.25, 0.3) is 0 Å². The summed E-state index contributed by atoms with van der Waals surface area (Å²) in [4.78, 5) is 25.8. The molecule has 1 aliphatic heterocycles. The maximum atomic E-state index is 13.7. The van der Waals surface area contributed by atoms with Crippen LogP contribution in [0.1, 0.15) is 25.8 Å². The van der Waals surface area contributed by atoms with Crippen LogP contribution in [0.3, 0.4) is 0 Å². The van der Waals surface area contributed by atoms with Crippen LogP contribution in [0.25, 0.3) is 0 Å². The van der Waals surface area contributed by atoms with Crippen molar-refractivity contribution in [2.75, 3.05) is 12.0 Å². The van der Waals surface area contributed by atoms with Gasteiger partial charge in [-0.05, 0) is 56.2 Å². The van der Waals surface area contributed by atoms with E-state index < -0.39 is 10.3 Å². The average molecular weight is 378 g/mol. The second kappa shape index (κ2) is 7.68. The first kappa shape index (κ1) is 19.4. The van der Waals surface area contributed by atoms with Crippen LogP contribution < -0.4 is 9.64 Å². The molecule has 0 spiro atoms. The molecule has 28 heavy (non-hydrogen) atoms. The van der Waals surface area contributed by atoms with E-state index in [9.17, 15) is 14.9 Å². The average Bonchev–Trinajstić information content (AvgIpc) is 2.93. The minimum absolute atomic E-state index is 0.213. The predicted octanol–water partition coefficient (Wildman–Crippen LogP) is 4.76. The molecule has 6 heteroatoms. The Balaban J connectivity index is 2.19. The highest BCUT2D eigenvalue weighted by Crippen LogP contribution is 2.48. The molecule has 1 aliphatic rings. The summed E-state index contributed by atoms with van der Waals surface area (Å²) in [6.45, 7) is 3.88. The van der Waals surface area contributed by atoms with Crippen molar-refractivity contribution >= 4 is 17.3 Å². The molecule has 1 heterocycles. The molecule has 6 nitrogen and oxygen atoms in total. The maximum absolute atomic E-state index is 13.7. The van der Waals surface area contributed by atoms with Crippen molar-refractivity contribution in [3.8, 4) is 5.75 Å². The summed E-state index contributed by atoms with van der Waals surface area (Å²) in [5, 5.41) is 11.0. The van der Waals surface area contributed by atoms with Gasteiger partial charge in [-0.25, -0.2) is 0 Å². The molecule has 144 valence electrons. The Bertz CT molecular complexity index is 959. The first-order valence-electron chi connectivity index (χ1n) is 8.93. The first-order chi connectivity index (χ1) is 13.4. The molecule has 0 N–H and O–H groups in total. The number of hydrogen-bond acceptors (Lipinski definition) is 4. The molecule has 0 aliphatic carbocycles. The molecule has 3 rings (SSSR count). The number of hydrogen-bond donors (Lipinski definition) is 0. The van der Waals surface area contributed by atoms with E-state index in [1.54, 1.807) is 24.1 Å². The number of amides is 1. The van der Waals surface area contributed by atoms with Gasteiger partial charge in [-0.15, -0.1) is 0 Å². The molecule has 1 atom stereocenters. The molecule has 0 fully saturated rings. The van der Waals surface area contributed by atoms with Gasteiger partial charge in [0, 0.05) is 11.8 Å². The van der Waals surface area contributed by atoms with Gasteiger partial charge in [0.1, 0.15) is 11.2 Å². The minimum atomic E-state index is -1.12. The summed E-state index contributed by atoms with van der Waals surface area (Å²) in [5.74, 6) is 0.474. The maximum Gasteiger partial charge on any atom is 0.246 e. The summed E-state index contributed by atoms with van der Waals surface area (Å²) in [6.07, 6.45) is 4.57. The molecule has 2 aromatic rings. The normalized spacial score (nSPS) is 18.2. The van der Waals surface area contributed by atoms with Crippen molar-refractivity contribution in [3.63, 3.8) is 0 Å². The number of allylic oxidation sites excluding steroid dienone is 2. The number of anilines is 2. The molecule has 2 aromatic carbocycles. The third kappa shape index (κ3) is 3.41. The number of benzene rings is 2. The van der Waals surface area contributed by atoms with Crippen molar-refractivity contribution in [2.24, 2.45) is 0 Å². The van der Waals surface area contributed by atoms with E-state index in [0.717, 1.165) is 23.0 Å². The number of ether oxygens (including phenoxy) is 1. The van der Waals surface area contributed by atoms with Gasteiger partial charge in [-0.1, -0.05) is 29.8 Å². The minimum Gasteiger partial charge on any atom is -0.497 e. The summed E-state index contributed by atoms with van der Waals surface area (Å²) < 4.78 is 5.20. The van der Waals surface area contributed by atoms with E-state index in [4.69, 9.17) is 4.74 Å². The highest BCUT2D eigenvalue weighted by molar-refractivity contribution is 6.14. The number of carbonyl (C=O) groups excluding carboxylic acids is 1. The lowest BCUT2D eigenvalue weighted by atomic mass is 9.78. The summed E-state index contributed by atoms with van der Waals surface area (Å²) in [7, 11) is 1.58. The lowest BCUT2D eigenvalue weighted by Gasteiger charge is -2.24. The van der Waals surface area contributed by atoms with E-state index in [1.807, 2.05) is 56.3 Å². The Morgan fingerprint density at radius 1 is 1.18 bits per heavy atom. The van der Waals surface area contributed by atoms with E-state index in [1.165, 1.54) is 6.08 Å². The number of methoxy groups -OCH3 is 1. The second-order valence-corrected chi connectivity index (χ2v) is 6.91. The van der Waals surface area contributed by atoms with Gasteiger partial charge < -0.3 is 4.74 Å². The van der Waals surface area contributed by atoms with Gasteiger partial charge in [0.05, 0.1) is 17.7 Å². The van der Waals surface area contributed by atoms with Gasteiger partial charge in [-0.2, -0.15) is 0 Å². The molecule has 0 unspecified atom stereocenters. The van der Waals surface area contributed by atoms with Crippen molar-refractivity contribution < 1.29 is 14.5 Å². The topological polar surface area (TPSA) is 72.7 Å². The van der Waals surface area contributed by atoms with Gasteiger partial charge in [-0.3, -0.25) is 19.8 Å². The quantitative estimate of drug-likeness (QED) is 0.413. The fraction of sp³-hybridized carbons (Fsp3) is 0.227. The van der Waals surface area contributed by atoms with Crippen LogP contribution in [0.5, 0.6) is 5.75 Å². The number of fused-ring (bicyclic) bond motifs is 1. The van der Waals surface area contributed by atoms with Crippen molar-refractivity contribution in [1.29, 1.82) is 0 Å². The summed E-state index contributed by atoms with van der Waals surface area (Å²) in [5.41, 5.74) is 2.09. The SMILES string of the molecule is COc1ccc(N2C(=O)[C@](/C=C/[N+](=O)[O-])(CC=C(C)C)c3ccccc32)cc1. The zero-order chi connectivity index (χ0) is 20.3. The van der Waals surface area contributed by atoms with Crippen LogP contribution in [0, 0.1) is 10.1 Å². The Morgan fingerprint density at radius 3 is 2.46 bits per heavy atom. The van der Waals surface area contributed by atoms with Gasteiger partial charge in [0.2, 0.25) is 12.1 Å². The standard InChI is InChI=1S/C22H22N2O4/c1-16(2)12-13-22(14-15-23(26)27)19-6-4-5-7-20(19)24(21(22)25)17-8-10-18(28-3)11-9-17/h4-12,14-15H,13H2,1-3H3/b15-14+/t22-/m0/s1. The predicted molar refractivity (Wildman–Crippen MR) is 108 cm³/mol. The van der Waals surface area contributed by atoms with Crippen LogP contribution >= 0.6 is 0 Å². The number of rotatable bonds is 6. The van der Waals surface area contributed by atoms with Crippen molar-refractivity contribution in [1.82, 2.24) is 0 Å². The molecule has 0 aromatic heterocycles. The third-order valence-corrected chi connectivity index (χ3v) is 4.85. The third-order valence-electron chi connectivity index (χ3n) is 4.85. The Hall–Kier alpha value is -3.41. The van der Waals surface area contributed by atoms with Crippen LogP contribution in [0.2, 0.25) is 0 Å². The van der Waals surface area contributed by atoms with Crippen molar-refractivity contribution in [2.45, 2.75) is 25.7 Å². The number of nitrogens with zero attached hydrogens (tertiary/aromatic N) is 2. The Morgan fingerprint density at radius 2 is 1.86 bits per heavy atom. The van der Waals surface area contributed by atoms with Crippen molar-refractivity contribution in [3.05, 3.63) is 88.1 Å². The monoisotopic (exact) mass is 378 g/mol. The first-order valence-corrected chi connectivity index (χ1v) is 8.93. The molecule has 0 radical (unpaired) electrons. The van der Waals surface area contributed by atoms with Crippen LogP contribution in [0.4, 0.5) is 11.4 Å². The van der Waals surface area contributed by atoms with E-state index >= 15 is 0 Å². The molecular weight excluding hydrogens is 356 g/mol. The highest BCUT2D eigenvalue weighted by atomic mass is 16.6. The second-order valence-electron chi connectivity index (χ2n) is 6.91. The number of nitro groups is 1. The lowest BCUT2D eigenvalue weighted by Crippen LogP contribution is -2.36. The smallest absolute Gasteiger partial charge is 0.246 e. The molecule has 0 saturated carbocycles. The fourth-order valence-electron chi connectivity index (χ4n) is 3.44. The van der Waals surface area contributed by atoms with E-state index in [-0.39, 0.29) is 5.91 Å². The van der Waals surface area contributed by atoms with Crippen LogP contribution in [0.15, 0.2) is 72.5 Å². The molecular formula is C22H22N2O4.